The second-order valence-corrected chi connectivity index (χ2v) is 3.32. The maximum Gasteiger partial charge on any atom is 0.403 e. The summed E-state index contributed by atoms with van der Waals surface area (Å²) in [6.07, 6.45) is -6.17. The summed E-state index contributed by atoms with van der Waals surface area (Å²) in [7, 11) is 0. The number of rotatable bonds is 2. The maximum atomic E-state index is 13.3. The van der Waals surface area contributed by atoms with Crippen molar-refractivity contribution in [2.75, 3.05) is 12.3 Å². The maximum absolute atomic E-state index is 13.3. The molecule has 1 aromatic rings. The van der Waals surface area contributed by atoms with Crippen molar-refractivity contribution in [3.63, 3.8) is 0 Å². The van der Waals surface area contributed by atoms with Crippen LogP contribution in [0.3, 0.4) is 0 Å². The lowest BCUT2D eigenvalue weighted by atomic mass is 10.5. The third-order valence-corrected chi connectivity index (χ3v) is 2.11. The van der Waals surface area contributed by atoms with E-state index in [4.69, 9.17) is 15.6 Å². The first-order valence-corrected chi connectivity index (χ1v) is 4.60. The van der Waals surface area contributed by atoms with Crippen molar-refractivity contribution in [1.29, 1.82) is 0 Å². The monoisotopic (exact) mass is 249 g/mol. The van der Waals surface area contributed by atoms with E-state index >= 15 is 0 Å². The first-order chi connectivity index (χ1) is 7.94. The Balaban J connectivity index is 2.37. The SMILES string of the molecule is Nc1ccn(C2OC(CO)OC2(F)F)c(=O)n1. The van der Waals surface area contributed by atoms with Crippen LogP contribution in [0.2, 0.25) is 0 Å². The lowest BCUT2D eigenvalue weighted by Gasteiger charge is -2.17. The van der Waals surface area contributed by atoms with Gasteiger partial charge in [-0.2, -0.15) is 13.8 Å². The van der Waals surface area contributed by atoms with Crippen LogP contribution >= 0.6 is 0 Å². The fraction of sp³-hybridized carbons (Fsp3) is 0.500. The van der Waals surface area contributed by atoms with Gasteiger partial charge in [-0.15, -0.1) is 0 Å². The van der Waals surface area contributed by atoms with Gasteiger partial charge in [-0.05, 0) is 6.07 Å². The van der Waals surface area contributed by atoms with E-state index in [0.29, 0.717) is 4.57 Å². The number of nitrogens with zero attached hydrogens (tertiary/aromatic N) is 2. The molecule has 2 atom stereocenters. The van der Waals surface area contributed by atoms with Crippen LogP contribution in [0, 0.1) is 0 Å². The molecule has 1 aromatic heterocycles. The molecule has 1 aliphatic rings. The molecule has 17 heavy (non-hydrogen) atoms. The highest BCUT2D eigenvalue weighted by Crippen LogP contribution is 2.38. The molecule has 1 aliphatic heterocycles. The third kappa shape index (κ3) is 2.12. The minimum absolute atomic E-state index is 0.0906. The molecule has 0 amide bonds. The normalized spacial score (nSPS) is 27.2. The van der Waals surface area contributed by atoms with Gasteiger partial charge in [-0.1, -0.05) is 0 Å². The highest BCUT2D eigenvalue weighted by atomic mass is 19.3. The zero-order valence-electron chi connectivity index (χ0n) is 8.42. The van der Waals surface area contributed by atoms with Crippen LogP contribution in [0.15, 0.2) is 17.1 Å². The quantitative estimate of drug-likeness (QED) is 0.717. The number of hydrogen-bond donors (Lipinski definition) is 2. The molecule has 2 heterocycles. The predicted octanol–water partition coefficient (Wildman–Crippen LogP) is -0.718. The van der Waals surface area contributed by atoms with E-state index in [2.05, 4.69) is 9.72 Å². The first kappa shape index (κ1) is 11.9. The predicted molar refractivity (Wildman–Crippen MR) is 49.9 cm³/mol. The van der Waals surface area contributed by atoms with Crippen LogP contribution in [0.1, 0.15) is 6.23 Å². The Morgan fingerprint density at radius 2 is 2.35 bits per heavy atom. The smallest absolute Gasteiger partial charge is 0.391 e. The first-order valence-electron chi connectivity index (χ1n) is 4.60. The standard InChI is InChI=1S/C8H9F2N3O4/c9-8(10)6(16-5(3-14)17-8)13-2-1-4(11)12-7(13)15/h1-2,5-6,14H,3H2,(H2,11,12,15). The van der Waals surface area contributed by atoms with E-state index in [-0.39, 0.29) is 5.82 Å². The average molecular weight is 249 g/mol. The van der Waals surface area contributed by atoms with Crippen LogP contribution in [0.4, 0.5) is 14.6 Å². The highest BCUT2D eigenvalue weighted by Gasteiger charge is 2.53. The van der Waals surface area contributed by atoms with Gasteiger partial charge in [-0.3, -0.25) is 9.30 Å². The summed E-state index contributed by atoms with van der Waals surface area (Å²) >= 11 is 0. The minimum atomic E-state index is -3.73. The summed E-state index contributed by atoms with van der Waals surface area (Å²) in [5.74, 6) is -0.0906. The Labute approximate surface area is 93.4 Å². The van der Waals surface area contributed by atoms with Crippen LogP contribution in [-0.2, 0) is 9.47 Å². The largest absolute Gasteiger partial charge is 0.403 e. The van der Waals surface area contributed by atoms with E-state index in [9.17, 15) is 13.6 Å². The number of aliphatic hydroxyl groups is 1. The van der Waals surface area contributed by atoms with Gasteiger partial charge in [0.15, 0.2) is 6.29 Å². The molecule has 1 saturated heterocycles. The van der Waals surface area contributed by atoms with Gasteiger partial charge in [0.1, 0.15) is 5.82 Å². The molecular formula is C8H9F2N3O4. The van der Waals surface area contributed by atoms with E-state index < -0.39 is 30.9 Å². The molecular weight excluding hydrogens is 240 g/mol. The number of aliphatic hydroxyl groups excluding tert-OH is 1. The Kier molecular flexibility index (Phi) is 2.81. The molecule has 2 unspecified atom stereocenters. The number of ether oxygens (including phenoxy) is 2. The Morgan fingerprint density at radius 1 is 1.65 bits per heavy atom. The fourth-order valence-electron chi connectivity index (χ4n) is 1.40. The second kappa shape index (κ2) is 4.02. The van der Waals surface area contributed by atoms with Gasteiger partial charge in [0.2, 0.25) is 6.23 Å². The Bertz CT molecular complexity index is 478. The van der Waals surface area contributed by atoms with Crippen molar-refractivity contribution in [2.24, 2.45) is 0 Å². The van der Waals surface area contributed by atoms with Crippen molar-refractivity contribution in [3.8, 4) is 0 Å². The molecule has 0 aliphatic carbocycles. The molecule has 0 bridgehead atoms. The zero-order chi connectivity index (χ0) is 12.6. The fourth-order valence-corrected chi connectivity index (χ4v) is 1.40. The Hall–Kier alpha value is -1.58. The van der Waals surface area contributed by atoms with E-state index in [1.165, 1.54) is 6.07 Å². The number of alkyl halides is 2. The van der Waals surface area contributed by atoms with Crippen LogP contribution < -0.4 is 11.4 Å². The lowest BCUT2D eigenvalue weighted by molar-refractivity contribution is -0.246. The molecule has 0 radical (unpaired) electrons. The van der Waals surface area contributed by atoms with Crippen molar-refractivity contribution in [3.05, 3.63) is 22.7 Å². The van der Waals surface area contributed by atoms with Crippen LogP contribution in [0.5, 0.6) is 0 Å². The van der Waals surface area contributed by atoms with Crippen molar-refractivity contribution < 1.29 is 23.4 Å². The average Bonchev–Trinajstić information content (AvgIpc) is 2.54. The van der Waals surface area contributed by atoms with Gasteiger partial charge in [0.05, 0.1) is 6.61 Å². The second-order valence-electron chi connectivity index (χ2n) is 3.32. The van der Waals surface area contributed by atoms with E-state index in [0.717, 1.165) is 6.20 Å². The highest BCUT2D eigenvalue weighted by molar-refractivity contribution is 5.23. The number of anilines is 1. The molecule has 9 heteroatoms. The number of nitrogen functional groups attached to an aromatic ring is 1. The van der Waals surface area contributed by atoms with Gasteiger partial charge in [0.25, 0.3) is 0 Å². The molecule has 7 nitrogen and oxygen atoms in total. The Morgan fingerprint density at radius 3 is 2.88 bits per heavy atom. The summed E-state index contributed by atoms with van der Waals surface area (Å²) in [5.41, 5.74) is 4.23. The lowest BCUT2D eigenvalue weighted by Crippen LogP contribution is -2.35. The van der Waals surface area contributed by atoms with Crippen LogP contribution in [0.25, 0.3) is 0 Å². The van der Waals surface area contributed by atoms with Crippen LogP contribution in [-0.4, -0.2) is 33.7 Å². The summed E-state index contributed by atoms with van der Waals surface area (Å²) in [6.45, 7) is -0.747. The number of aromatic nitrogens is 2. The van der Waals surface area contributed by atoms with E-state index in [1.807, 2.05) is 0 Å². The number of halogens is 2. The zero-order valence-corrected chi connectivity index (χ0v) is 8.42. The number of nitrogens with two attached hydrogens (primary N) is 1. The summed E-state index contributed by atoms with van der Waals surface area (Å²) < 4.78 is 36.0. The molecule has 0 spiro atoms. The van der Waals surface area contributed by atoms with Crippen molar-refractivity contribution >= 4 is 5.82 Å². The topological polar surface area (TPSA) is 99.6 Å². The van der Waals surface area contributed by atoms with Crippen molar-refractivity contribution in [1.82, 2.24) is 9.55 Å². The van der Waals surface area contributed by atoms with E-state index in [1.54, 1.807) is 0 Å². The third-order valence-electron chi connectivity index (χ3n) is 2.11. The molecule has 1 fully saturated rings. The summed E-state index contributed by atoms with van der Waals surface area (Å²) in [4.78, 5) is 14.6. The van der Waals surface area contributed by atoms with Gasteiger partial charge in [-0.25, -0.2) is 4.79 Å². The number of hydrogen-bond acceptors (Lipinski definition) is 6. The molecule has 3 N–H and O–H groups in total. The summed E-state index contributed by atoms with van der Waals surface area (Å²) in [6, 6.07) is 1.17. The molecule has 0 saturated carbocycles. The molecule has 0 aromatic carbocycles. The minimum Gasteiger partial charge on any atom is -0.391 e. The summed E-state index contributed by atoms with van der Waals surface area (Å²) in [5, 5.41) is 8.67. The van der Waals surface area contributed by atoms with Crippen molar-refractivity contribution in [2.45, 2.75) is 18.6 Å². The van der Waals surface area contributed by atoms with Gasteiger partial charge < -0.3 is 15.6 Å². The molecule has 2 rings (SSSR count). The molecule has 94 valence electrons. The van der Waals surface area contributed by atoms with Gasteiger partial charge in [0, 0.05) is 6.20 Å². The van der Waals surface area contributed by atoms with Gasteiger partial charge >= 0.3 is 11.8 Å².